The molecule has 0 aliphatic carbocycles. The van der Waals surface area contributed by atoms with Gasteiger partial charge in [-0.25, -0.2) is 9.37 Å². The highest BCUT2D eigenvalue weighted by atomic mass is 35.5. The van der Waals surface area contributed by atoms with Crippen molar-refractivity contribution < 1.29 is 9.50 Å². The lowest BCUT2D eigenvalue weighted by Crippen LogP contribution is -2.08. The molecule has 17 heavy (non-hydrogen) atoms. The van der Waals surface area contributed by atoms with Crippen LogP contribution < -0.4 is 4.90 Å². The lowest BCUT2D eigenvalue weighted by atomic mass is 10.3. The zero-order chi connectivity index (χ0) is 12.4. The summed E-state index contributed by atoms with van der Waals surface area (Å²) in [5, 5.41) is 10.0. The molecule has 0 fully saturated rings. The number of nitrogens with zero attached hydrogens (tertiary/aromatic N) is 2. The Bertz CT molecular complexity index is 515. The second-order valence-corrected chi connectivity index (χ2v) is 4.82. The van der Waals surface area contributed by atoms with E-state index in [4.69, 9.17) is 16.7 Å². The van der Waals surface area contributed by atoms with Crippen LogP contribution in [0.25, 0.3) is 0 Å². The molecule has 0 amide bonds. The van der Waals surface area contributed by atoms with Gasteiger partial charge in [-0.2, -0.15) is 0 Å². The molecule has 0 saturated heterocycles. The van der Waals surface area contributed by atoms with E-state index in [2.05, 4.69) is 4.98 Å². The summed E-state index contributed by atoms with van der Waals surface area (Å²) < 4.78 is 12.8. The van der Waals surface area contributed by atoms with Crippen LogP contribution in [0.5, 0.6) is 0 Å². The van der Waals surface area contributed by atoms with Crippen LogP contribution in [0.3, 0.4) is 0 Å². The topological polar surface area (TPSA) is 36.4 Å². The summed E-state index contributed by atoms with van der Waals surface area (Å²) in [6, 6.07) is 6.08. The van der Waals surface area contributed by atoms with E-state index < -0.39 is 0 Å². The Kier molecular flexibility index (Phi) is 3.61. The van der Waals surface area contributed by atoms with E-state index >= 15 is 0 Å². The van der Waals surface area contributed by atoms with Gasteiger partial charge in [-0.05, 0) is 24.3 Å². The number of aromatic nitrogens is 1. The Hall–Kier alpha value is -1.17. The van der Waals surface area contributed by atoms with Gasteiger partial charge < -0.3 is 10.0 Å². The minimum atomic E-state index is -0.282. The molecule has 0 atom stereocenters. The normalized spacial score (nSPS) is 10.6. The second-order valence-electron chi connectivity index (χ2n) is 3.40. The van der Waals surface area contributed by atoms with Crippen LogP contribution in [-0.2, 0) is 6.61 Å². The van der Waals surface area contributed by atoms with Crippen LogP contribution in [0.2, 0.25) is 5.15 Å². The number of thiazole rings is 1. The molecule has 1 aromatic carbocycles. The maximum absolute atomic E-state index is 12.8. The molecule has 3 nitrogen and oxygen atoms in total. The third kappa shape index (κ3) is 2.57. The van der Waals surface area contributed by atoms with Crippen molar-refractivity contribution in [2.75, 3.05) is 11.9 Å². The number of halogens is 2. The number of aliphatic hydroxyl groups excluding tert-OH is 1. The molecule has 2 aromatic rings. The van der Waals surface area contributed by atoms with Crippen LogP contribution in [0.1, 0.15) is 4.88 Å². The van der Waals surface area contributed by atoms with E-state index in [1.165, 1.54) is 23.5 Å². The van der Waals surface area contributed by atoms with Gasteiger partial charge in [0, 0.05) is 12.7 Å². The highest BCUT2D eigenvalue weighted by molar-refractivity contribution is 7.16. The Balaban J connectivity index is 2.29. The first-order chi connectivity index (χ1) is 8.11. The summed E-state index contributed by atoms with van der Waals surface area (Å²) in [5.74, 6) is -0.282. The molecular weight excluding hydrogens is 263 g/mol. The summed E-state index contributed by atoms with van der Waals surface area (Å²) in [7, 11) is 1.81. The van der Waals surface area contributed by atoms with Crippen LogP contribution in [0.4, 0.5) is 15.2 Å². The lowest BCUT2D eigenvalue weighted by Gasteiger charge is -2.15. The fourth-order valence-corrected chi connectivity index (χ4v) is 2.44. The van der Waals surface area contributed by atoms with Gasteiger partial charge in [0.15, 0.2) is 5.13 Å². The number of hydrogen-bond acceptors (Lipinski definition) is 4. The predicted molar refractivity (Wildman–Crippen MR) is 67.5 cm³/mol. The summed E-state index contributed by atoms with van der Waals surface area (Å²) in [5.41, 5.74) is 0.807. The fraction of sp³-hybridized carbons (Fsp3) is 0.182. The molecule has 0 bridgehead atoms. The molecule has 0 unspecified atom stereocenters. The number of hydrogen-bond donors (Lipinski definition) is 1. The molecule has 0 radical (unpaired) electrons. The first-order valence-electron chi connectivity index (χ1n) is 4.87. The molecule has 2 rings (SSSR count). The number of aliphatic hydroxyl groups is 1. The maximum Gasteiger partial charge on any atom is 0.191 e. The van der Waals surface area contributed by atoms with E-state index in [-0.39, 0.29) is 12.4 Å². The molecule has 0 aliphatic heterocycles. The van der Waals surface area contributed by atoms with Gasteiger partial charge in [-0.15, -0.1) is 0 Å². The molecular formula is C11H10ClFN2OS. The molecule has 1 heterocycles. The van der Waals surface area contributed by atoms with Crippen molar-refractivity contribution in [1.29, 1.82) is 0 Å². The van der Waals surface area contributed by atoms with E-state index in [1.807, 2.05) is 7.05 Å². The van der Waals surface area contributed by atoms with Gasteiger partial charge in [-0.1, -0.05) is 22.9 Å². The fourth-order valence-electron chi connectivity index (χ4n) is 1.34. The quantitative estimate of drug-likeness (QED) is 0.932. The van der Waals surface area contributed by atoms with Crippen LogP contribution >= 0.6 is 22.9 Å². The largest absolute Gasteiger partial charge is 0.391 e. The average molecular weight is 273 g/mol. The summed E-state index contributed by atoms with van der Waals surface area (Å²) in [6.07, 6.45) is 0. The summed E-state index contributed by atoms with van der Waals surface area (Å²) >= 11 is 7.16. The van der Waals surface area contributed by atoms with Gasteiger partial charge >= 0.3 is 0 Å². The number of benzene rings is 1. The molecule has 90 valence electrons. The summed E-state index contributed by atoms with van der Waals surface area (Å²) in [6.45, 7) is -0.131. The number of rotatable bonds is 3. The Labute approximate surface area is 107 Å². The van der Waals surface area contributed by atoms with Crippen molar-refractivity contribution in [2.24, 2.45) is 0 Å². The maximum atomic E-state index is 12.8. The van der Waals surface area contributed by atoms with E-state index in [0.717, 1.165) is 5.69 Å². The molecule has 0 spiro atoms. The van der Waals surface area contributed by atoms with E-state index in [0.29, 0.717) is 15.2 Å². The van der Waals surface area contributed by atoms with Gasteiger partial charge in [0.25, 0.3) is 0 Å². The van der Waals surface area contributed by atoms with Crippen molar-refractivity contribution in [2.45, 2.75) is 6.61 Å². The first-order valence-corrected chi connectivity index (χ1v) is 6.06. The van der Waals surface area contributed by atoms with Crippen LogP contribution in [0.15, 0.2) is 24.3 Å². The van der Waals surface area contributed by atoms with Crippen molar-refractivity contribution in [1.82, 2.24) is 4.98 Å². The highest BCUT2D eigenvalue weighted by Crippen LogP contribution is 2.32. The number of anilines is 2. The zero-order valence-corrected chi connectivity index (χ0v) is 10.6. The van der Waals surface area contributed by atoms with Crippen LogP contribution in [-0.4, -0.2) is 17.1 Å². The summed E-state index contributed by atoms with van der Waals surface area (Å²) in [4.78, 5) is 6.54. The third-order valence-electron chi connectivity index (χ3n) is 2.28. The minimum absolute atomic E-state index is 0.131. The molecule has 6 heteroatoms. The Morgan fingerprint density at radius 2 is 2.06 bits per heavy atom. The highest BCUT2D eigenvalue weighted by Gasteiger charge is 2.13. The molecule has 1 N–H and O–H groups in total. The SMILES string of the molecule is CN(c1ccc(F)cc1)c1nc(Cl)c(CO)s1. The third-order valence-corrected chi connectivity index (χ3v) is 3.82. The van der Waals surface area contributed by atoms with E-state index in [9.17, 15) is 4.39 Å². The van der Waals surface area contributed by atoms with Gasteiger partial charge in [0.2, 0.25) is 0 Å². The second kappa shape index (κ2) is 5.00. The van der Waals surface area contributed by atoms with Crippen LogP contribution in [0, 0.1) is 5.82 Å². The Morgan fingerprint density at radius 3 is 2.59 bits per heavy atom. The van der Waals surface area contributed by atoms with Crippen molar-refractivity contribution >= 4 is 33.8 Å². The Morgan fingerprint density at radius 1 is 1.41 bits per heavy atom. The van der Waals surface area contributed by atoms with Gasteiger partial charge in [-0.3, -0.25) is 0 Å². The lowest BCUT2D eigenvalue weighted by molar-refractivity contribution is 0.285. The van der Waals surface area contributed by atoms with Gasteiger partial charge in [0.05, 0.1) is 11.5 Å². The molecule has 0 saturated carbocycles. The van der Waals surface area contributed by atoms with Gasteiger partial charge in [0.1, 0.15) is 11.0 Å². The smallest absolute Gasteiger partial charge is 0.191 e. The van der Waals surface area contributed by atoms with Crippen molar-refractivity contribution in [3.63, 3.8) is 0 Å². The first kappa shape index (κ1) is 12.3. The molecule has 0 aliphatic rings. The predicted octanol–water partition coefficient (Wildman–Crippen LogP) is 3.20. The standard InChI is InChI=1S/C11H10ClFN2OS/c1-15(8-4-2-7(13)3-5-8)11-14-10(12)9(6-16)17-11/h2-5,16H,6H2,1H3. The monoisotopic (exact) mass is 272 g/mol. The average Bonchev–Trinajstić information content (AvgIpc) is 2.70. The van der Waals surface area contributed by atoms with Crippen molar-refractivity contribution in [3.8, 4) is 0 Å². The van der Waals surface area contributed by atoms with Crippen molar-refractivity contribution in [3.05, 3.63) is 40.1 Å². The zero-order valence-electron chi connectivity index (χ0n) is 9.02. The molecule has 1 aromatic heterocycles. The minimum Gasteiger partial charge on any atom is -0.391 e. The van der Waals surface area contributed by atoms with E-state index in [1.54, 1.807) is 17.0 Å².